The minimum atomic E-state index is -5.70. The van der Waals surface area contributed by atoms with Crippen LogP contribution in [0.1, 0.15) is 0 Å². The molecule has 0 saturated heterocycles. The van der Waals surface area contributed by atoms with E-state index in [0.29, 0.717) is 0 Å². The summed E-state index contributed by atoms with van der Waals surface area (Å²) in [7, 11) is 0. The summed E-state index contributed by atoms with van der Waals surface area (Å²) in [5.74, 6) is -11.2. The quantitative estimate of drug-likeness (QED) is 0.440. The average molecular weight is 272 g/mol. The summed E-state index contributed by atoms with van der Waals surface area (Å²) < 4.78 is 69.1. The molecule has 0 N–H and O–H groups in total. The maximum Gasteiger partial charge on any atom is 0.458 e. The van der Waals surface area contributed by atoms with Gasteiger partial charge < -0.3 is 0 Å². The predicted molar refractivity (Wildman–Crippen MR) is 27.0 cm³/mol. The van der Waals surface area contributed by atoms with E-state index < -0.39 is 30.3 Å². The molecule has 0 aromatic heterocycles. The molecule has 1 radical (unpaired) electrons. The summed E-state index contributed by atoms with van der Waals surface area (Å²) in [5.41, 5.74) is 0. The van der Waals surface area contributed by atoms with Gasteiger partial charge in [-0.3, -0.25) is 9.59 Å². The number of ketones is 2. The van der Waals surface area contributed by atoms with E-state index in [1.54, 1.807) is 0 Å². The third kappa shape index (κ3) is 3.67. The number of alkyl halides is 6. The smallest absolute Gasteiger partial charge is 0.284 e. The number of Topliss-reactive ketones (excluding diaryl/α,β-unsaturated/α-hetero) is 2. The topological polar surface area (TPSA) is 34.1 Å². The third-order valence-electron chi connectivity index (χ3n) is 0.964. The van der Waals surface area contributed by atoms with Crippen LogP contribution in [0.5, 0.6) is 0 Å². The first-order valence-corrected chi connectivity index (χ1v) is 2.72. The van der Waals surface area contributed by atoms with Crippen LogP contribution in [-0.2, 0) is 26.7 Å². The monoisotopic (exact) mass is 271 g/mol. The first-order chi connectivity index (χ1) is 5.63. The Morgan fingerprint density at radius 1 is 0.929 bits per heavy atom. The van der Waals surface area contributed by atoms with Crippen molar-refractivity contribution in [1.82, 2.24) is 0 Å². The van der Waals surface area contributed by atoms with Crippen molar-refractivity contribution in [2.45, 2.75) is 12.1 Å². The number of hydrogen-bond acceptors (Lipinski definition) is 2. The zero-order chi connectivity index (χ0) is 10.9. The minimum Gasteiger partial charge on any atom is -0.284 e. The van der Waals surface area contributed by atoms with Gasteiger partial charge in [0.05, 0.1) is 0 Å². The Kier molecular flexibility index (Phi) is 5.43. The standard InChI is InChI=1S/C5H2F6O2.Cu/c6-1-4(7,8)2(12)3(13)5(9,10)11;/h1H2;. The molecule has 0 saturated carbocycles. The molecule has 0 aliphatic heterocycles. The second-order valence-electron chi connectivity index (χ2n) is 1.99. The molecule has 0 amide bonds. The fourth-order valence-corrected chi connectivity index (χ4v) is 0.356. The number of hydrogen-bond donors (Lipinski definition) is 0. The molecule has 0 aliphatic carbocycles. The molecule has 9 heteroatoms. The predicted octanol–water partition coefficient (Wildman–Crippen LogP) is 1.29. The second kappa shape index (κ2) is 4.79. The molecule has 0 atom stereocenters. The zero-order valence-corrected chi connectivity index (χ0v) is 7.03. The van der Waals surface area contributed by atoms with Crippen molar-refractivity contribution in [3.63, 3.8) is 0 Å². The van der Waals surface area contributed by atoms with Crippen molar-refractivity contribution in [3.05, 3.63) is 0 Å². The van der Waals surface area contributed by atoms with Crippen LogP contribution in [0.3, 0.4) is 0 Å². The molecule has 0 aromatic carbocycles. The van der Waals surface area contributed by atoms with Crippen molar-refractivity contribution in [1.29, 1.82) is 0 Å². The average Bonchev–Trinajstić information content (AvgIpc) is 2.00. The first-order valence-electron chi connectivity index (χ1n) is 2.72. The maximum absolute atomic E-state index is 11.9. The Morgan fingerprint density at radius 2 is 1.29 bits per heavy atom. The molecule has 0 heterocycles. The molecule has 0 aromatic rings. The van der Waals surface area contributed by atoms with Crippen LogP contribution in [0.15, 0.2) is 0 Å². The molecular weight excluding hydrogens is 270 g/mol. The van der Waals surface area contributed by atoms with Gasteiger partial charge in [-0.25, -0.2) is 4.39 Å². The SMILES string of the molecule is O=C(C(=O)C(F)(F)CF)C(F)(F)F.[Cu]. The number of carbonyl (C=O) groups excluding carboxylic acids is 2. The number of halogens is 6. The van der Waals surface area contributed by atoms with E-state index in [4.69, 9.17) is 0 Å². The summed E-state index contributed by atoms with van der Waals surface area (Å²) in [6.07, 6.45) is -5.70. The van der Waals surface area contributed by atoms with E-state index in [1.807, 2.05) is 0 Å². The van der Waals surface area contributed by atoms with Gasteiger partial charge in [-0.05, 0) is 0 Å². The van der Waals surface area contributed by atoms with Crippen molar-refractivity contribution in [3.8, 4) is 0 Å². The Morgan fingerprint density at radius 3 is 1.50 bits per heavy atom. The van der Waals surface area contributed by atoms with Gasteiger partial charge in [0.25, 0.3) is 5.78 Å². The van der Waals surface area contributed by atoms with E-state index in [9.17, 15) is 35.9 Å². The summed E-state index contributed by atoms with van der Waals surface area (Å²) in [4.78, 5) is 19.8. The van der Waals surface area contributed by atoms with Gasteiger partial charge in [0.2, 0.25) is 0 Å². The maximum atomic E-state index is 11.9. The molecule has 0 fully saturated rings. The Labute approximate surface area is 84.1 Å². The van der Waals surface area contributed by atoms with Crippen LogP contribution in [-0.4, -0.2) is 30.3 Å². The van der Waals surface area contributed by atoms with E-state index in [2.05, 4.69) is 0 Å². The largest absolute Gasteiger partial charge is 0.458 e. The fourth-order valence-electron chi connectivity index (χ4n) is 0.356. The first kappa shape index (κ1) is 15.9. The van der Waals surface area contributed by atoms with Gasteiger partial charge in [0, 0.05) is 17.1 Å². The van der Waals surface area contributed by atoms with E-state index >= 15 is 0 Å². The van der Waals surface area contributed by atoms with Gasteiger partial charge in [-0.15, -0.1) is 0 Å². The van der Waals surface area contributed by atoms with Gasteiger partial charge >= 0.3 is 17.9 Å². The molecule has 0 rings (SSSR count). The Balaban J connectivity index is 0. The van der Waals surface area contributed by atoms with Crippen LogP contribution in [0.4, 0.5) is 26.3 Å². The molecular formula is C5H2CuF6O2. The van der Waals surface area contributed by atoms with Crippen molar-refractivity contribution in [2.75, 3.05) is 6.67 Å². The van der Waals surface area contributed by atoms with Crippen LogP contribution in [0.25, 0.3) is 0 Å². The summed E-state index contributed by atoms with van der Waals surface area (Å²) in [6.45, 7) is -2.63. The van der Waals surface area contributed by atoms with Crippen LogP contribution < -0.4 is 0 Å². The second-order valence-corrected chi connectivity index (χ2v) is 1.99. The number of rotatable bonds is 3. The van der Waals surface area contributed by atoms with Crippen LogP contribution >= 0.6 is 0 Å². The van der Waals surface area contributed by atoms with Crippen LogP contribution in [0, 0.1) is 0 Å². The summed E-state index contributed by atoms with van der Waals surface area (Å²) in [5, 5.41) is 0. The van der Waals surface area contributed by atoms with Gasteiger partial charge in [0.15, 0.2) is 6.67 Å². The van der Waals surface area contributed by atoms with Crippen molar-refractivity contribution < 1.29 is 53.0 Å². The van der Waals surface area contributed by atoms with Gasteiger partial charge in [-0.2, -0.15) is 22.0 Å². The molecule has 2 nitrogen and oxygen atoms in total. The van der Waals surface area contributed by atoms with Crippen molar-refractivity contribution in [2.24, 2.45) is 0 Å². The molecule has 0 aliphatic rings. The van der Waals surface area contributed by atoms with Crippen LogP contribution in [0.2, 0.25) is 0 Å². The zero-order valence-electron chi connectivity index (χ0n) is 6.09. The van der Waals surface area contributed by atoms with Crippen molar-refractivity contribution >= 4 is 11.6 Å². The van der Waals surface area contributed by atoms with E-state index in [0.717, 1.165) is 0 Å². The normalized spacial score (nSPS) is 11.9. The molecule has 0 bridgehead atoms. The summed E-state index contributed by atoms with van der Waals surface area (Å²) in [6, 6.07) is 0. The third-order valence-corrected chi connectivity index (χ3v) is 0.964. The molecule has 0 unspecified atom stereocenters. The number of carbonyl (C=O) groups is 2. The Hall–Kier alpha value is -0.561. The molecule has 14 heavy (non-hydrogen) atoms. The summed E-state index contributed by atoms with van der Waals surface area (Å²) >= 11 is 0. The Bertz CT molecular complexity index is 235. The van der Waals surface area contributed by atoms with E-state index in [1.165, 1.54) is 0 Å². The molecule has 0 spiro atoms. The minimum absolute atomic E-state index is 0. The van der Waals surface area contributed by atoms with E-state index in [-0.39, 0.29) is 17.1 Å². The molecule has 87 valence electrons. The van der Waals surface area contributed by atoms with Gasteiger partial charge in [0.1, 0.15) is 0 Å². The fraction of sp³-hybridized carbons (Fsp3) is 0.600. The van der Waals surface area contributed by atoms with Gasteiger partial charge in [-0.1, -0.05) is 0 Å².